The highest BCUT2D eigenvalue weighted by Crippen LogP contribution is 2.34. The molecule has 0 amide bonds. The van der Waals surface area contributed by atoms with Crippen molar-refractivity contribution in [2.45, 2.75) is 32.6 Å². The Kier molecular flexibility index (Phi) is 4.13. The maximum absolute atomic E-state index is 12.9. The second-order valence-corrected chi connectivity index (χ2v) is 4.71. The minimum absolute atomic E-state index is 0.251. The summed E-state index contributed by atoms with van der Waals surface area (Å²) in [4.78, 5) is 0. The summed E-state index contributed by atoms with van der Waals surface area (Å²) < 4.78 is 38.8. The van der Waals surface area contributed by atoms with Crippen LogP contribution in [-0.2, 0) is 12.7 Å². The average molecular weight is 283 g/mol. The second kappa shape index (κ2) is 5.66. The summed E-state index contributed by atoms with van der Waals surface area (Å²) in [7, 11) is 0. The fourth-order valence-electron chi connectivity index (χ4n) is 2.06. The third kappa shape index (κ3) is 3.19. The topological polar surface area (TPSA) is 40.7 Å². The van der Waals surface area contributed by atoms with Gasteiger partial charge in [-0.15, -0.1) is 0 Å². The Morgan fingerprint density at radius 3 is 2.60 bits per heavy atom. The maximum Gasteiger partial charge on any atom is 0.416 e. The minimum Gasteiger partial charge on any atom is -0.306 e. The summed E-state index contributed by atoms with van der Waals surface area (Å²) in [6.07, 6.45) is -2.66. The number of nitrogens with one attached hydrogen (secondary N) is 2. The molecule has 108 valence electrons. The van der Waals surface area contributed by atoms with E-state index in [4.69, 9.17) is 0 Å². The van der Waals surface area contributed by atoms with Gasteiger partial charge in [-0.3, -0.25) is 5.10 Å². The van der Waals surface area contributed by atoms with E-state index in [1.54, 1.807) is 19.2 Å². The van der Waals surface area contributed by atoms with Gasteiger partial charge in [0.2, 0.25) is 0 Å². The van der Waals surface area contributed by atoms with E-state index in [-0.39, 0.29) is 5.56 Å². The Bertz CT molecular complexity index is 575. The molecule has 0 fully saturated rings. The lowest BCUT2D eigenvalue weighted by Gasteiger charge is -2.19. The van der Waals surface area contributed by atoms with Gasteiger partial charge in [0.05, 0.1) is 11.8 Å². The summed E-state index contributed by atoms with van der Waals surface area (Å²) in [6, 6.07) is 5.23. The van der Waals surface area contributed by atoms with Crippen molar-refractivity contribution in [3.63, 3.8) is 0 Å². The fraction of sp³-hybridized carbons (Fsp3) is 0.357. The van der Waals surface area contributed by atoms with E-state index in [9.17, 15) is 13.2 Å². The smallest absolute Gasteiger partial charge is 0.306 e. The molecule has 0 bridgehead atoms. The zero-order chi connectivity index (χ0) is 14.8. The van der Waals surface area contributed by atoms with E-state index in [0.29, 0.717) is 6.54 Å². The number of rotatable bonds is 4. The molecule has 2 aromatic rings. The fourth-order valence-corrected chi connectivity index (χ4v) is 2.06. The summed E-state index contributed by atoms with van der Waals surface area (Å²) in [6.45, 7) is 4.06. The molecule has 2 N–H and O–H groups in total. The molecule has 0 saturated heterocycles. The van der Waals surface area contributed by atoms with Gasteiger partial charge in [-0.1, -0.05) is 18.2 Å². The highest BCUT2D eigenvalue weighted by Gasteiger charge is 2.34. The first-order valence-electron chi connectivity index (χ1n) is 6.28. The van der Waals surface area contributed by atoms with Crippen LogP contribution in [0.2, 0.25) is 0 Å². The van der Waals surface area contributed by atoms with Gasteiger partial charge >= 0.3 is 6.18 Å². The van der Waals surface area contributed by atoms with Crippen LogP contribution in [0.4, 0.5) is 13.2 Å². The number of aromatic nitrogens is 2. The predicted molar refractivity (Wildman–Crippen MR) is 70.0 cm³/mol. The molecule has 0 radical (unpaired) electrons. The Morgan fingerprint density at radius 2 is 2.00 bits per heavy atom. The molecule has 0 saturated carbocycles. The standard InChI is InChI=1S/C14H16F3N3/c1-9-11(8-19-20-9)7-18-10(2)12-5-3-4-6-13(12)14(15,16)17/h3-6,8,10,18H,7H2,1-2H3,(H,19,20)/t10-/m1/s1. The normalized spacial score (nSPS) is 13.4. The van der Waals surface area contributed by atoms with E-state index < -0.39 is 17.8 Å². The summed E-state index contributed by atoms with van der Waals surface area (Å²) in [5.41, 5.74) is 1.51. The number of halogens is 3. The van der Waals surface area contributed by atoms with Crippen molar-refractivity contribution in [2.24, 2.45) is 0 Å². The molecule has 1 atom stereocenters. The van der Waals surface area contributed by atoms with Gasteiger partial charge in [0.25, 0.3) is 0 Å². The van der Waals surface area contributed by atoms with Crippen molar-refractivity contribution in [3.8, 4) is 0 Å². The van der Waals surface area contributed by atoms with E-state index in [1.165, 1.54) is 12.1 Å². The van der Waals surface area contributed by atoms with Gasteiger partial charge in [-0.2, -0.15) is 18.3 Å². The molecule has 1 aromatic carbocycles. The maximum atomic E-state index is 12.9. The molecule has 0 aliphatic heterocycles. The van der Waals surface area contributed by atoms with Gasteiger partial charge in [0, 0.05) is 23.8 Å². The first-order valence-corrected chi connectivity index (χ1v) is 6.28. The predicted octanol–water partition coefficient (Wildman–Crippen LogP) is 3.59. The quantitative estimate of drug-likeness (QED) is 0.900. The third-order valence-corrected chi connectivity index (χ3v) is 3.27. The van der Waals surface area contributed by atoms with Crippen molar-refractivity contribution in [1.29, 1.82) is 0 Å². The van der Waals surface area contributed by atoms with Crippen molar-refractivity contribution in [2.75, 3.05) is 0 Å². The Labute approximate surface area is 115 Å². The van der Waals surface area contributed by atoms with Crippen molar-refractivity contribution < 1.29 is 13.2 Å². The number of aryl methyl sites for hydroxylation is 1. The lowest BCUT2D eigenvalue weighted by molar-refractivity contribution is -0.138. The van der Waals surface area contributed by atoms with Crippen LogP contribution in [0.15, 0.2) is 30.5 Å². The first kappa shape index (κ1) is 14.6. The van der Waals surface area contributed by atoms with E-state index in [1.807, 2.05) is 6.92 Å². The Hall–Kier alpha value is -1.82. The van der Waals surface area contributed by atoms with Gasteiger partial charge in [0.15, 0.2) is 0 Å². The third-order valence-electron chi connectivity index (χ3n) is 3.27. The number of benzene rings is 1. The van der Waals surface area contributed by atoms with Gasteiger partial charge in [-0.25, -0.2) is 0 Å². The van der Waals surface area contributed by atoms with Crippen LogP contribution in [0.3, 0.4) is 0 Å². The monoisotopic (exact) mass is 283 g/mol. The number of H-pyrrole nitrogens is 1. The SMILES string of the molecule is Cc1[nH]ncc1CN[C@H](C)c1ccccc1C(F)(F)F. The lowest BCUT2D eigenvalue weighted by Crippen LogP contribution is -2.21. The largest absolute Gasteiger partial charge is 0.416 e. The van der Waals surface area contributed by atoms with Crippen LogP contribution < -0.4 is 5.32 Å². The molecule has 6 heteroatoms. The molecule has 0 aliphatic carbocycles. The molecule has 3 nitrogen and oxygen atoms in total. The number of alkyl halides is 3. The van der Waals surface area contributed by atoms with Crippen LogP contribution in [0, 0.1) is 6.92 Å². The summed E-state index contributed by atoms with van der Waals surface area (Å²) >= 11 is 0. The molecular formula is C14H16F3N3. The van der Waals surface area contributed by atoms with Crippen LogP contribution in [-0.4, -0.2) is 10.2 Å². The van der Waals surface area contributed by atoms with Crippen molar-refractivity contribution in [1.82, 2.24) is 15.5 Å². The molecular weight excluding hydrogens is 267 g/mol. The number of aromatic amines is 1. The summed E-state index contributed by atoms with van der Waals surface area (Å²) in [5, 5.41) is 9.78. The molecule has 0 aliphatic rings. The van der Waals surface area contributed by atoms with Gasteiger partial charge < -0.3 is 5.32 Å². The molecule has 2 rings (SSSR count). The van der Waals surface area contributed by atoms with Crippen LogP contribution in [0.5, 0.6) is 0 Å². The molecule has 1 heterocycles. The molecule has 1 aromatic heterocycles. The van der Waals surface area contributed by atoms with Gasteiger partial charge in [0.1, 0.15) is 0 Å². The number of hydrogen-bond donors (Lipinski definition) is 2. The van der Waals surface area contributed by atoms with E-state index in [2.05, 4.69) is 15.5 Å². The number of hydrogen-bond acceptors (Lipinski definition) is 2. The average Bonchev–Trinajstić information content (AvgIpc) is 2.80. The van der Waals surface area contributed by atoms with Crippen LogP contribution in [0.25, 0.3) is 0 Å². The molecule has 0 unspecified atom stereocenters. The summed E-state index contributed by atoms with van der Waals surface area (Å²) in [5.74, 6) is 0. The highest BCUT2D eigenvalue weighted by molar-refractivity contribution is 5.32. The van der Waals surface area contributed by atoms with Crippen molar-refractivity contribution in [3.05, 3.63) is 52.8 Å². The lowest BCUT2D eigenvalue weighted by atomic mass is 10.0. The van der Waals surface area contributed by atoms with Crippen LogP contribution >= 0.6 is 0 Å². The molecule has 20 heavy (non-hydrogen) atoms. The number of nitrogens with zero attached hydrogens (tertiary/aromatic N) is 1. The minimum atomic E-state index is -4.34. The zero-order valence-electron chi connectivity index (χ0n) is 11.3. The van der Waals surface area contributed by atoms with Crippen LogP contribution in [0.1, 0.15) is 35.3 Å². The highest BCUT2D eigenvalue weighted by atomic mass is 19.4. The van der Waals surface area contributed by atoms with Crippen molar-refractivity contribution >= 4 is 0 Å². The van der Waals surface area contributed by atoms with E-state index >= 15 is 0 Å². The Morgan fingerprint density at radius 1 is 1.30 bits per heavy atom. The Balaban J connectivity index is 2.14. The second-order valence-electron chi connectivity index (χ2n) is 4.71. The first-order chi connectivity index (χ1) is 9.39. The van der Waals surface area contributed by atoms with E-state index in [0.717, 1.165) is 17.3 Å². The molecule has 0 spiro atoms. The zero-order valence-corrected chi connectivity index (χ0v) is 11.3. The van der Waals surface area contributed by atoms with Gasteiger partial charge in [-0.05, 0) is 25.5 Å².